The van der Waals surface area contributed by atoms with E-state index in [1.807, 2.05) is 6.20 Å². The van der Waals surface area contributed by atoms with E-state index in [1.54, 1.807) is 0 Å². The number of hydrogen-bond acceptors (Lipinski definition) is 1. The zero-order chi connectivity index (χ0) is 13.4. The smallest absolute Gasteiger partial charge is 0.138 e. The summed E-state index contributed by atoms with van der Waals surface area (Å²) in [6, 6.07) is 12.8. The molecule has 0 spiro atoms. The third-order valence-corrected chi connectivity index (χ3v) is 4.12. The Morgan fingerprint density at radius 1 is 1.16 bits per heavy atom. The molecule has 0 unspecified atom stereocenters. The van der Waals surface area contributed by atoms with E-state index in [4.69, 9.17) is 4.98 Å². The molecule has 0 amide bonds. The molecule has 0 saturated heterocycles. The number of rotatable bonds is 2. The monoisotopic (exact) mass is 314 g/mol. The molecule has 3 aromatic rings. The molecule has 19 heavy (non-hydrogen) atoms. The molecule has 2 nitrogen and oxygen atoms in total. The maximum atomic E-state index is 4.71. The summed E-state index contributed by atoms with van der Waals surface area (Å²) >= 11 is 3.65. The minimum Gasteiger partial charge on any atom is -0.294 e. The molecule has 96 valence electrons. The van der Waals surface area contributed by atoms with Crippen LogP contribution in [0.3, 0.4) is 0 Å². The standard InChI is InChI=1S/C16H15BrN2/c1-3-12-4-6-13(7-5-12)15-16(17)19-9-8-11(2)10-14(19)18-15/h4-10H,3H2,1-2H3. The van der Waals surface area contributed by atoms with Gasteiger partial charge in [0, 0.05) is 11.8 Å². The second-order valence-corrected chi connectivity index (χ2v) is 5.49. The largest absolute Gasteiger partial charge is 0.294 e. The second-order valence-electron chi connectivity index (χ2n) is 4.73. The van der Waals surface area contributed by atoms with Crippen LogP contribution in [0.2, 0.25) is 0 Å². The third-order valence-electron chi connectivity index (χ3n) is 3.36. The van der Waals surface area contributed by atoms with Crippen molar-refractivity contribution in [3.05, 3.63) is 58.3 Å². The van der Waals surface area contributed by atoms with Gasteiger partial charge in [0.05, 0.1) is 0 Å². The molecule has 0 bridgehead atoms. The van der Waals surface area contributed by atoms with Crippen molar-refractivity contribution in [3.63, 3.8) is 0 Å². The minimum atomic E-state index is 0.974. The topological polar surface area (TPSA) is 17.3 Å². The van der Waals surface area contributed by atoms with Crippen LogP contribution >= 0.6 is 15.9 Å². The molecule has 0 saturated carbocycles. The molecular weight excluding hydrogens is 300 g/mol. The quantitative estimate of drug-likeness (QED) is 0.674. The molecule has 2 heterocycles. The average molecular weight is 315 g/mol. The van der Waals surface area contributed by atoms with E-state index in [9.17, 15) is 0 Å². The highest BCUT2D eigenvalue weighted by Gasteiger charge is 2.11. The van der Waals surface area contributed by atoms with Crippen molar-refractivity contribution in [2.24, 2.45) is 0 Å². The maximum absolute atomic E-state index is 4.71. The van der Waals surface area contributed by atoms with Crippen LogP contribution in [-0.4, -0.2) is 9.38 Å². The van der Waals surface area contributed by atoms with Gasteiger partial charge in [-0.3, -0.25) is 4.40 Å². The number of imidazole rings is 1. The summed E-state index contributed by atoms with van der Waals surface area (Å²) in [5.74, 6) is 0. The molecular formula is C16H15BrN2. The highest BCUT2D eigenvalue weighted by atomic mass is 79.9. The van der Waals surface area contributed by atoms with Crippen molar-refractivity contribution in [1.82, 2.24) is 9.38 Å². The van der Waals surface area contributed by atoms with E-state index in [-0.39, 0.29) is 0 Å². The number of nitrogens with zero attached hydrogens (tertiary/aromatic N) is 2. The zero-order valence-electron chi connectivity index (χ0n) is 11.0. The van der Waals surface area contributed by atoms with Crippen LogP contribution in [0, 0.1) is 6.92 Å². The fourth-order valence-electron chi connectivity index (χ4n) is 2.20. The third kappa shape index (κ3) is 2.19. The SMILES string of the molecule is CCc1ccc(-c2nc3cc(C)ccn3c2Br)cc1. The molecule has 3 heteroatoms. The Morgan fingerprint density at radius 2 is 1.89 bits per heavy atom. The lowest BCUT2D eigenvalue weighted by atomic mass is 10.1. The van der Waals surface area contributed by atoms with Crippen LogP contribution < -0.4 is 0 Å². The minimum absolute atomic E-state index is 0.974. The van der Waals surface area contributed by atoms with Crippen LogP contribution in [0.25, 0.3) is 16.9 Å². The van der Waals surface area contributed by atoms with Gasteiger partial charge in [-0.1, -0.05) is 31.2 Å². The van der Waals surface area contributed by atoms with Crippen LogP contribution in [0.5, 0.6) is 0 Å². The molecule has 2 aromatic heterocycles. The Hall–Kier alpha value is -1.61. The van der Waals surface area contributed by atoms with Gasteiger partial charge in [-0.15, -0.1) is 0 Å². The summed E-state index contributed by atoms with van der Waals surface area (Å²) in [5, 5.41) is 0. The summed E-state index contributed by atoms with van der Waals surface area (Å²) in [7, 11) is 0. The van der Waals surface area contributed by atoms with E-state index >= 15 is 0 Å². The number of hydrogen-bond donors (Lipinski definition) is 0. The van der Waals surface area contributed by atoms with Gasteiger partial charge in [0.25, 0.3) is 0 Å². The van der Waals surface area contributed by atoms with E-state index in [1.165, 1.54) is 11.1 Å². The van der Waals surface area contributed by atoms with Crippen LogP contribution in [0.15, 0.2) is 47.2 Å². The fraction of sp³-hybridized carbons (Fsp3) is 0.188. The van der Waals surface area contributed by atoms with Gasteiger partial charge in [0.2, 0.25) is 0 Å². The highest BCUT2D eigenvalue weighted by molar-refractivity contribution is 9.10. The predicted molar refractivity (Wildman–Crippen MR) is 82.4 cm³/mol. The van der Waals surface area contributed by atoms with E-state index in [2.05, 4.69) is 70.6 Å². The van der Waals surface area contributed by atoms with Gasteiger partial charge in [0.1, 0.15) is 15.9 Å². The van der Waals surface area contributed by atoms with Crippen molar-refractivity contribution in [1.29, 1.82) is 0 Å². The molecule has 0 N–H and O–H groups in total. The lowest BCUT2D eigenvalue weighted by Gasteiger charge is -2.00. The Morgan fingerprint density at radius 3 is 2.58 bits per heavy atom. The molecule has 0 radical (unpaired) electrons. The van der Waals surface area contributed by atoms with Crippen molar-refractivity contribution in [3.8, 4) is 11.3 Å². The van der Waals surface area contributed by atoms with E-state index in [0.717, 1.165) is 27.9 Å². The lowest BCUT2D eigenvalue weighted by Crippen LogP contribution is -1.84. The normalized spacial score (nSPS) is 11.1. The molecule has 0 fully saturated rings. The van der Waals surface area contributed by atoms with Gasteiger partial charge < -0.3 is 0 Å². The number of halogens is 1. The molecule has 0 aliphatic rings. The van der Waals surface area contributed by atoms with Gasteiger partial charge in [0.15, 0.2) is 0 Å². The fourth-order valence-corrected chi connectivity index (χ4v) is 2.82. The van der Waals surface area contributed by atoms with Gasteiger partial charge >= 0.3 is 0 Å². The first-order valence-electron chi connectivity index (χ1n) is 6.42. The van der Waals surface area contributed by atoms with Crippen molar-refractivity contribution >= 4 is 21.6 Å². The van der Waals surface area contributed by atoms with Crippen molar-refractivity contribution in [2.75, 3.05) is 0 Å². The van der Waals surface area contributed by atoms with E-state index in [0.29, 0.717) is 0 Å². The first kappa shape index (κ1) is 12.4. The summed E-state index contributed by atoms with van der Waals surface area (Å²) < 4.78 is 3.07. The molecule has 3 rings (SSSR count). The Bertz CT molecular complexity index is 726. The summed E-state index contributed by atoms with van der Waals surface area (Å²) in [6.45, 7) is 4.25. The Labute approximate surface area is 121 Å². The Balaban J connectivity index is 2.15. The van der Waals surface area contributed by atoms with Crippen molar-refractivity contribution in [2.45, 2.75) is 20.3 Å². The van der Waals surface area contributed by atoms with E-state index < -0.39 is 0 Å². The summed E-state index contributed by atoms with van der Waals surface area (Å²) in [4.78, 5) is 4.71. The summed E-state index contributed by atoms with van der Waals surface area (Å²) in [6.07, 6.45) is 3.11. The van der Waals surface area contributed by atoms with Crippen molar-refractivity contribution < 1.29 is 0 Å². The number of pyridine rings is 1. The number of fused-ring (bicyclic) bond motifs is 1. The zero-order valence-corrected chi connectivity index (χ0v) is 12.6. The number of benzene rings is 1. The van der Waals surface area contributed by atoms with Crippen LogP contribution in [0.1, 0.15) is 18.1 Å². The number of aromatic nitrogens is 2. The predicted octanol–water partition coefficient (Wildman–Crippen LogP) is 4.63. The average Bonchev–Trinajstić information content (AvgIpc) is 2.75. The lowest BCUT2D eigenvalue weighted by molar-refractivity contribution is 1.14. The molecule has 0 atom stereocenters. The van der Waals surface area contributed by atoms with Gasteiger partial charge in [-0.25, -0.2) is 4.98 Å². The number of aryl methyl sites for hydroxylation is 2. The molecule has 1 aromatic carbocycles. The first-order valence-corrected chi connectivity index (χ1v) is 7.22. The Kier molecular flexibility index (Phi) is 3.15. The highest BCUT2D eigenvalue weighted by Crippen LogP contribution is 2.29. The first-order chi connectivity index (χ1) is 9.19. The second kappa shape index (κ2) is 4.82. The maximum Gasteiger partial charge on any atom is 0.138 e. The van der Waals surface area contributed by atoms with Crippen LogP contribution in [0.4, 0.5) is 0 Å². The molecule has 0 aliphatic heterocycles. The molecule has 0 aliphatic carbocycles. The van der Waals surface area contributed by atoms with Crippen LogP contribution in [-0.2, 0) is 6.42 Å². The summed E-state index contributed by atoms with van der Waals surface area (Å²) in [5.41, 5.74) is 5.68. The van der Waals surface area contributed by atoms with Gasteiger partial charge in [-0.2, -0.15) is 0 Å². The van der Waals surface area contributed by atoms with Gasteiger partial charge in [-0.05, 0) is 52.5 Å².